The maximum Gasteiger partial charge on any atom is 0.420 e. The lowest BCUT2D eigenvalue weighted by Gasteiger charge is -2.19. The number of fused-ring (bicyclic) bond motifs is 1. The average Bonchev–Trinajstić information content (AvgIpc) is 2.79. The zero-order valence-corrected chi connectivity index (χ0v) is 12.7. The van der Waals surface area contributed by atoms with Gasteiger partial charge in [-0.25, -0.2) is 14.3 Å². The highest BCUT2D eigenvalue weighted by Crippen LogP contribution is 2.18. The third-order valence-corrected chi connectivity index (χ3v) is 2.97. The van der Waals surface area contributed by atoms with Crippen molar-refractivity contribution in [3.8, 4) is 0 Å². The molecule has 0 amide bonds. The van der Waals surface area contributed by atoms with Crippen LogP contribution in [-0.4, -0.2) is 38.4 Å². The number of rotatable bonds is 3. The van der Waals surface area contributed by atoms with Crippen LogP contribution in [0.15, 0.2) is 24.5 Å². The number of nitrogens with two attached hydrogens (primary N) is 1. The Hall–Kier alpha value is -2.41. The first kappa shape index (κ1) is 16.0. The van der Waals surface area contributed by atoms with E-state index in [2.05, 4.69) is 4.98 Å². The van der Waals surface area contributed by atoms with Crippen LogP contribution < -0.4 is 5.73 Å². The SMILES string of the molecule is CC(C)(C)OC(=O)n1cnc2ccc(C[C@H](N)C(=O)O)cc21. The second kappa shape index (κ2) is 5.76. The zero-order chi connectivity index (χ0) is 16.5. The number of nitrogens with zero attached hydrogens (tertiary/aromatic N) is 2. The average molecular weight is 305 g/mol. The number of carbonyl (C=O) groups excluding carboxylic acids is 1. The predicted molar refractivity (Wildman–Crippen MR) is 80.7 cm³/mol. The van der Waals surface area contributed by atoms with Gasteiger partial charge >= 0.3 is 12.1 Å². The molecule has 0 aliphatic rings. The summed E-state index contributed by atoms with van der Waals surface area (Å²) in [5.41, 5.74) is 6.82. The van der Waals surface area contributed by atoms with E-state index in [4.69, 9.17) is 15.6 Å². The summed E-state index contributed by atoms with van der Waals surface area (Å²) < 4.78 is 6.62. The lowest BCUT2D eigenvalue weighted by molar-refractivity contribution is -0.138. The van der Waals surface area contributed by atoms with Crippen molar-refractivity contribution in [3.63, 3.8) is 0 Å². The van der Waals surface area contributed by atoms with Gasteiger partial charge in [0.25, 0.3) is 0 Å². The molecule has 1 heterocycles. The van der Waals surface area contributed by atoms with Crippen molar-refractivity contribution in [2.45, 2.75) is 38.8 Å². The molecule has 0 aliphatic heterocycles. The Morgan fingerprint density at radius 2 is 2.09 bits per heavy atom. The summed E-state index contributed by atoms with van der Waals surface area (Å²) in [4.78, 5) is 27.1. The molecule has 0 saturated heterocycles. The van der Waals surface area contributed by atoms with E-state index in [1.807, 2.05) is 0 Å². The monoisotopic (exact) mass is 305 g/mol. The van der Waals surface area contributed by atoms with Gasteiger partial charge in [-0.3, -0.25) is 4.79 Å². The highest BCUT2D eigenvalue weighted by Gasteiger charge is 2.20. The highest BCUT2D eigenvalue weighted by atomic mass is 16.6. The Morgan fingerprint density at radius 3 is 2.68 bits per heavy atom. The minimum Gasteiger partial charge on any atom is -0.480 e. The number of aliphatic carboxylic acids is 1. The van der Waals surface area contributed by atoms with Crippen LogP contribution >= 0.6 is 0 Å². The number of carboxylic acid groups (broad SMARTS) is 1. The van der Waals surface area contributed by atoms with E-state index in [1.165, 1.54) is 10.9 Å². The number of benzene rings is 1. The van der Waals surface area contributed by atoms with E-state index in [9.17, 15) is 9.59 Å². The Morgan fingerprint density at radius 1 is 1.41 bits per heavy atom. The number of carboxylic acids is 1. The first-order valence-electron chi connectivity index (χ1n) is 6.85. The van der Waals surface area contributed by atoms with E-state index in [-0.39, 0.29) is 6.42 Å². The number of aromatic nitrogens is 2. The Labute approximate surface area is 127 Å². The Kier molecular flexibility index (Phi) is 4.18. The summed E-state index contributed by atoms with van der Waals surface area (Å²) in [5, 5.41) is 8.87. The summed E-state index contributed by atoms with van der Waals surface area (Å²) in [6.07, 6.45) is 1.03. The van der Waals surface area contributed by atoms with E-state index < -0.39 is 23.7 Å². The van der Waals surface area contributed by atoms with Crippen LogP contribution in [0.2, 0.25) is 0 Å². The summed E-state index contributed by atoms with van der Waals surface area (Å²) in [6.45, 7) is 5.34. The molecular formula is C15H19N3O4. The van der Waals surface area contributed by atoms with Gasteiger partial charge in [0.2, 0.25) is 0 Å². The van der Waals surface area contributed by atoms with Crippen LogP contribution in [0.4, 0.5) is 4.79 Å². The summed E-state index contributed by atoms with van der Waals surface area (Å²) in [7, 11) is 0. The Bertz CT molecular complexity index is 715. The maximum atomic E-state index is 12.2. The van der Waals surface area contributed by atoms with Gasteiger partial charge < -0.3 is 15.6 Å². The van der Waals surface area contributed by atoms with E-state index in [0.717, 1.165) is 0 Å². The predicted octanol–water partition coefficient (Wildman–Crippen LogP) is 1.77. The number of ether oxygens (including phenoxy) is 1. The molecule has 0 unspecified atom stereocenters. The zero-order valence-electron chi connectivity index (χ0n) is 12.7. The molecule has 0 saturated carbocycles. The second-order valence-corrected chi connectivity index (χ2v) is 6.07. The molecule has 1 aromatic heterocycles. The van der Waals surface area contributed by atoms with Crippen LogP contribution in [0.1, 0.15) is 26.3 Å². The van der Waals surface area contributed by atoms with Crippen LogP contribution in [0.5, 0.6) is 0 Å². The third kappa shape index (κ3) is 3.62. The molecule has 0 fully saturated rings. The van der Waals surface area contributed by atoms with Crippen LogP contribution in [0.3, 0.4) is 0 Å². The molecule has 0 radical (unpaired) electrons. The summed E-state index contributed by atoms with van der Waals surface area (Å²) in [5.74, 6) is -1.07. The van der Waals surface area contributed by atoms with Gasteiger partial charge in [0.15, 0.2) is 0 Å². The fourth-order valence-electron chi connectivity index (χ4n) is 1.98. The quantitative estimate of drug-likeness (QED) is 0.895. The Balaban J connectivity index is 2.33. The molecule has 2 rings (SSSR count). The van der Waals surface area contributed by atoms with E-state index in [1.54, 1.807) is 39.0 Å². The fourth-order valence-corrected chi connectivity index (χ4v) is 1.98. The molecule has 0 aliphatic carbocycles. The van der Waals surface area contributed by atoms with Crippen molar-refractivity contribution >= 4 is 23.1 Å². The standard InChI is InChI=1S/C15H19N3O4/c1-15(2,3)22-14(21)18-8-17-11-5-4-9(7-12(11)18)6-10(16)13(19)20/h4-5,7-8,10H,6,16H2,1-3H3,(H,19,20)/t10-/m0/s1. The number of hydrogen-bond acceptors (Lipinski definition) is 5. The van der Waals surface area contributed by atoms with Gasteiger partial charge in [-0.05, 0) is 44.9 Å². The van der Waals surface area contributed by atoms with Crippen LogP contribution in [0.25, 0.3) is 11.0 Å². The number of carbonyl (C=O) groups is 2. The molecule has 3 N–H and O–H groups in total. The minimum atomic E-state index is -1.07. The molecule has 0 spiro atoms. The normalized spacial score (nSPS) is 13.1. The van der Waals surface area contributed by atoms with Crippen molar-refractivity contribution in [1.82, 2.24) is 9.55 Å². The first-order valence-corrected chi connectivity index (χ1v) is 6.85. The minimum absolute atomic E-state index is 0.171. The van der Waals surface area contributed by atoms with Gasteiger partial charge in [0.05, 0.1) is 11.0 Å². The second-order valence-electron chi connectivity index (χ2n) is 6.07. The number of imidazole rings is 1. The maximum absolute atomic E-state index is 12.2. The molecule has 2 aromatic rings. The molecule has 7 heteroatoms. The van der Waals surface area contributed by atoms with Gasteiger partial charge in [0, 0.05) is 0 Å². The van der Waals surface area contributed by atoms with Crippen LogP contribution in [-0.2, 0) is 16.0 Å². The first-order chi connectivity index (χ1) is 10.2. The lowest BCUT2D eigenvalue weighted by Crippen LogP contribution is -2.32. The molecule has 7 nitrogen and oxygen atoms in total. The van der Waals surface area contributed by atoms with Crippen molar-refractivity contribution < 1.29 is 19.4 Å². The third-order valence-electron chi connectivity index (χ3n) is 2.97. The fraction of sp³-hybridized carbons (Fsp3) is 0.400. The van der Waals surface area contributed by atoms with Crippen molar-refractivity contribution in [2.75, 3.05) is 0 Å². The van der Waals surface area contributed by atoms with Crippen molar-refractivity contribution in [3.05, 3.63) is 30.1 Å². The lowest BCUT2D eigenvalue weighted by atomic mass is 10.1. The smallest absolute Gasteiger partial charge is 0.420 e. The van der Waals surface area contributed by atoms with Crippen LogP contribution in [0, 0.1) is 0 Å². The molecule has 22 heavy (non-hydrogen) atoms. The molecular weight excluding hydrogens is 286 g/mol. The molecule has 1 aromatic carbocycles. The van der Waals surface area contributed by atoms with Crippen molar-refractivity contribution in [2.24, 2.45) is 5.73 Å². The summed E-state index contributed by atoms with van der Waals surface area (Å²) in [6, 6.07) is 4.18. The van der Waals surface area contributed by atoms with E-state index >= 15 is 0 Å². The number of hydrogen-bond donors (Lipinski definition) is 2. The van der Waals surface area contributed by atoms with Gasteiger partial charge in [0.1, 0.15) is 18.0 Å². The highest BCUT2D eigenvalue weighted by molar-refractivity contribution is 5.87. The van der Waals surface area contributed by atoms with Gasteiger partial charge in [-0.1, -0.05) is 6.07 Å². The molecule has 118 valence electrons. The molecule has 0 bridgehead atoms. The molecule has 1 atom stereocenters. The van der Waals surface area contributed by atoms with Crippen molar-refractivity contribution in [1.29, 1.82) is 0 Å². The van der Waals surface area contributed by atoms with Gasteiger partial charge in [-0.2, -0.15) is 0 Å². The summed E-state index contributed by atoms with van der Waals surface area (Å²) >= 11 is 0. The van der Waals surface area contributed by atoms with E-state index in [0.29, 0.717) is 16.6 Å². The topological polar surface area (TPSA) is 107 Å². The largest absolute Gasteiger partial charge is 0.480 e. The van der Waals surface area contributed by atoms with Gasteiger partial charge in [-0.15, -0.1) is 0 Å².